The minimum Gasteiger partial charge on any atom is -0.465 e. The number of hydrogen-bond acceptors (Lipinski definition) is 7. The summed E-state index contributed by atoms with van der Waals surface area (Å²) in [7, 11) is 0. The van der Waals surface area contributed by atoms with Gasteiger partial charge in [-0.15, -0.1) is 0 Å². The molecule has 0 aromatic heterocycles. The summed E-state index contributed by atoms with van der Waals surface area (Å²) in [6.07, 6.45) is -3.70. The average molecular weight is 719 g/mol. The van der Waals surface area contributed by atoms with Gasteiger partial charge in [-0.1, -0.05) is 63.2 Å². The van der Waals surface area contributed by atoms with Crippen molar-refractivity contribution in [2.45, 2.75) is 84.4 Å². The maximum atomic E-state index is 14.6. The van der Waals surface area contributed by atoms with Gasteiger partial charge in [-0.25, -0.2) is 4.90 Å². The van der Waals surface area contributed by atoms with Gasteiger partial charge in [0.15, 0.2) is 11.3 Å². The number of ether oxygens (including phenoxy) is 1. The molecule has 3 aliphatic rings. The highest BCUT2D eigenvalue weighted by Gasteiger charge is 2.67. The molecule has 2 aliphatic heterocycles. The Labute approximate surface area is 299 Å². The molecule has 1 aliphatic carbocycles. The van der Waals surface area contributed by atoms with E-state index < -0.39 is 74.5 Å². The van der Waals surface area contributed by atoms with E-state index in [1.165, 1.54) is 42.0 Å². The fraction of sp³-hybridized carbons (Fsp3) is 0.425. The van der Waals surface area contributed by atoms with Crippen LogP contribution in [0.5, 0.6) is 0 Å². The largest absolute Gasteiger partial charge is 0.465 e. The molecular weight excluding hydrogens is 677 g/mol. The lowest BCUT2D eigenvalue weighted by Gasteiger charge is -2.55. The van der Waals surface area contributed by atoms with Crippen LogP contribution < -0.4 is 4.90 Å². The molecule has 274 valence electrons. The Bertz CT molecular complexity index is 1910. The van der Waals surface area contributed by atoms with E-state index in [1.807, 2.05) is 0 Å². The van der Waals surface area contributed by atoms with Gasteiger partial charge in [0.1, 0.15) is 0 Å². The number of carbonyl (C=O) groups is 5. The van der Waals surface area contributed by atoms with Crippen molar-refractivity contribution in [2.75, 3.05) is 11.5 Å². The number of nitrogens with zero attached hydrogens (tertiary/aromatic N) is 2. The molecular formula is C40H41F3N2O7. The van der Waals surface area contributed by atoms with Gasteiger partial charge in [-0.3, -0.25) is 29.2 Å². The number of amides is 3. The first-order valence-corrected chi connectivity index (χ1v) is 17.4. The van der Waals surface area contributed by atoms with Crippen LogP contribution >= 0.6 is 0 Å². The van der Waals surface area contributed by atoms with E-state index in [4.69, 9.17) is 4.74 Å². The number of ketones is 1. The number of benzene rings is 3. The second kappa shape index (κ2) is 13.0. The summed E-state index contributed by atoms with van der Waals surface area (Å²) in [6.45, 7) is 7.44. The van der Waals surface area contributed by atoms with E-state index in [-0.39, 0.29) is 42.7 Å². The third-order valence-corrected chi connectivity index (χ3v) is 11.0. The van der Waals surface area contributed by atoms with Crippen molar-refractivity contribution < 1.29 is 47.1 Å². The Morgan fingerprint density at radius 1 is 0.827 bits per heavy atom. The van der Waals surface area contributed by atoms with Crippen molar-refractivity contribution in [3.05, 3.63) is 101 Å². The van der Waals surface area contributed by atoms with Crippen molar-refractivity contribution >= 4 is 35.2 Å². The second-order valence-electron chi connectivity index (χ2n) is 15.2. The maximum absolute atomic E-state index is 14.6. The monoisotopic (exact) mass is 718 g/mol. The SMILES string of the molecule is CCc1ccc(CCCOC(=O)C2(C)CC3(C)CC(C)(C2)C(=O)N(c2ccc(C(=O)CC4(C(F)(F)F)c5ccccc5C(=O)N4O)cc2)C3=O)cc1. The lowest BCUT2D eigenvalue weighted by Crippen LogP contribution is -2.64. The topological polar surface area (TPSA) is 121 Å². The summed E-state index contributed by atoms with van der Waals surface area (Å²) < 4.78 is 49.6. The molecule has 2 bridgehead atoms. The minimum atomic E-state index is -5.21. The van der Waals surface area contributed by atoms with Crippen LogP contribution in [-0.4, -0.2) is 52.5 Å². The highest BCUT2D eigenvalue weighted by molar-refractivity contribution is 6.21. The number of alkyl halides is 3. The molecule has 12 heteroatoms. The Kier molecular flexibility index (Phi) is 9.22. The van der Waals surface area contributed by atoms with E-state index in [0.717, 1.165) is 35.4 Å². The number of anilines is 1. The van der Waals surface area contributed by atoms with E-state index in [2.05, 4.69) is 31.2 Å². The smallest absolute Gasteiger partial charge is 0.418 e. The summed E-state index contributed by atoms with van der Waals surface area (Å²) >= 11 is 0. The number of rotatable bonds is 10. The first kappa shape index (κ1) is 36.9. The number of fused-ring (bicyclic) bond motifs is 3. The minimum absolute atomic E-state index is 0.123. The van der Waals surface area contributed by atoms with Crippen LogP contribution in [0.15, 0.2) is 72.8 Å². The predicted octanol–water partition coefficient (Wildman–Crippen LogP) is 7.38. The number of carbonyl (C=O) groups excluding carboxylic acids is 5. The van der Waals surface area contributed by atoms with E-state index >= 15 is 0 Å². The number of halogens is 3. The van der Waals surface area contributed by atoms with Gasteiger partial charge in [0.25, 0.3) is 5.91 Å². The normalized spacial score (nSPS) is 27.1. The molecule has 3 amide bonds. The number of imide groups is 1. The van der Waals surface area contributed by atoms with Crippen LogP contribution in [0.3, 0.4) is 0 Å². The molecule has 0 spiro atoms. The highest BCUT2D eigenvalue weighted by atomic mass is 19.4. The van der Waals surface area contributed by atoms with Gasteiger partial charge in [0, 0.05) is 27.5 Å². The van der Waals surface area contributed by atoms with E-state index in [9.17, 15) is 42.4 Å². The second-order valence-corrected chi connectivity index (χ2v) is 15.2. The Morgan fingerprint density at radius 2 is 1.40 bits per heavy atom. The Hall–Kier alpha value is -4.84. The number of Topliss-reactive ketones (excluding diaryl/α,β-unsaturated/α-hetero) is 1. The quantitative estimate of drug-likeness (QED) is 0.0764. The van der Waals surface area contributed by atoms with Crippen molar-refractivity contribution in [3.63, 3.8) is 0 Å². The van der Waals surface area contributed by atoms with Gasteiger partial charge in [-0.05, 0) is 86.9 Å². The summed E-state index contributed by atoms with van der Waals surface area (Å²) in [6, 6.07) is 18.2. The fourth-order valence-electron chi connectivity index (χ4n) is 8.75. The summed E-state index contributed by atoms with van der Waals surface area (Å²) in [4.78, 5) is 68.6. The molecule has 3 unspecified atom stereocenters. The van der Waals surface area contributed by atoms with Crippen LogP contribution in [0.25, 0.3) is 0 Å². The van der Waals surface area contributed by atoms with Crippen molar-refractivity contribution in [3.8, 4) is 0 Å². The average Bonchev–Trinajstić information content (AvgIpc) is 3.32. The molecule has 1 saturated carbocycles. The molecule has 3 aromatic rings. The standard InChI is InChI=1S/C40H41F3N2O7/c1-5-25-12-14-26(15-13-25)9-8-20-52-35(50)38(4)23-36(2)22-37(3,24-38)34(49)44(33(36)48)28-18-16-27(17-19-28)31(46)21-39(40(41,42)43)30-11-7-6-10-29(30)32(47)45(39)51/h6-7,10-19,51H,5,8-9,20-24H2,1-4H3. The lowest BCUT2D eigenvalue weighted by molar-refractivity contribution is -0.281. The molecule has 6 rings (SSSR count). The summed E-state index contributed by atoms with van der Waals surface area (Å²) in [5.74, 6) is -3.83. The van der Waals surface area contributed by atoms with Crippen LogP contribution in [0, 0.1) is 16.2 Å². The number of esters is 1. The highest BCUT2D eigenvalue weighted by Crippen LogP contribution is 2.59. The van der Waals surface area contributed by atoms with Gasteiger partial charge in [0.05, 0.1) is 24.1 Å². The zero-order chi connectivity index (χ0) is 37.9. The number of hydrogen-bond donors (Lipinski definition) is 1. The molecule has 52 heavy (non-hydrogen) atoms. The molecule has 1 N–H and O–H groups in total. The van der Waals surface area contributed by atoms with Crippen molar-refractivity contribution in [1.29, 1.82) is 0 Å². The number of aryl methyl sites for hydroxylation is 2. The Balaban J connectivity index is 1.17. The van der Waals surface area contributed by atoms with E-state index in [0.29, 0.717) is 6.42 Å². The first-order valence-electron chi connectivity index (χ1n) is 17.4. The summed E-state index contributed by atoms with van der Waals surface area (Å²) in [5.41, 5.74) is -5.21. The maximum Gasteiger partial charge on any atom is 0.418 e. The Morgan fingerprint density at radius 3 is 1.98 bits per heavy atom. The van der Waals surface area contributed by atoms with Crippen molar-refractivity contribution in [2.24, 2.45) is 16.2 Å². The summed E-state index contributed by atoms with van der Waals surface area (Å²) in [5, 5.41) is 10.0. The van der Waals surface area contributed by atoms with Crippen LogP contribution in [-0.2, 0) is 37.5 Å². The third kappa shape index (κ3) is 6.00. The van der Waals surface area contributed by atoms with Crippen LogP contribution in [0.4, 0.5) is 18.9 Å². The predicted molar refractivity (Wildman–Crippen MR) is 183 cm³/mol. The van der Waals surface area contributed by atoms with Gasteiger partial charge in [0.2, 0.25) is 11.8 Å². The van der Waals surface area contributed by atoms with Crippen LogP contribution in [0.2, 0.25) is 0 Å². The molecule has 3 atom stereocenters. The zero-order valence-corrected chi connectivity index (χ0v) is 29.5. The lowest BCUT2D eigenvalue weighted by atomic mass is 9.51. The van der Waals surface area contributed by atoms with E-state index in [1.54, 1.807) is 20.8 Å². The molecule has 1 saturated heterocycles. The van der Waals surface area contributed by atoms with Crippen molar-refractivity contribution in [1.82, 2.24) is 5.06 Å². The molecule has 9 nitrogen and oxygen atoms in total. The van der Waals surface area contributed by atoms with Gasteiger partial charge >= 0.3 is 12.1 Å². The number of hydroxylamine groups is 2. The van der Waals surface area contributed by atoms with Gasteiger partial charge < -0.3 is 4.74 Å². The molecule has 0 radical (unpaired) electrons. The van der Waals surface area contributed by atoms with Gasteiger partial charge in [-0.2, -0.15) is 18.2 Å². The number of piperidine rings is 1. The third-order valence-electron chi connectivity index (χ3n) is 11.0. The van der Waals surface area contributed by atoms with Crippen LogP contribution in [0.1, 0.15) is 97.2 Å². The molecule has 2 fully saturated rings. The molecule has 3 aromatic carbocycles. The molecule has 2 heterocycles. The first-order chi connectivity index (χ1) is 24.4. The fourth-order valence-corrected chi connectivity index (χ4v) is 8.75. The zero-order valence-electron chi connectivity index (χ0n) is 29.5.